The number of ether oxygens (including phenoxy) is 1. The van der Waals surface area contributed by atoms with Crippen molar-refractivity contribution in [2.24, 2.45) is 4.58 Å². The molecule has 18 heavy (non-hydrogen) atoms. The van der Waals surface area contributed by atoms with E-state index in [0.29, 0.717) is 0 Å². The lowest BCUT2D eigenvalue weighted by molar-refractivity contribution is -0.131. The van der Waals surface area contributed by atoms with E-state index in [2.05, 4.69) is 9.32 Å². The summed E-state index contributed by atoms with van der Waals surface area (Å²) in [7, 11) is 0. The van der Waals surface area contributed by atoms with Gasteiger partial charge in [-0.3, -0.25) is 4.79 Å². The third-order valence-corrected chi connectivity index (χ3v) is 1.92. The number of para-hydroxylation sites is 1. The molecule has 7 heteroatoms. The Morgan fingerprint density at radius 3 is 2.39 bits per heavy atom. The second-order valence-corrected chi connectivity index (χ2v) is 3.87. The van der Waals surface area contributed by atoms with Crippen molar-refractivity contribution < 1.29 is 19.4 Å². The molecule has 0 saturated carbocycles. The van der Waals surface area contributed by atoms with Crippen LogP contribution in [-0.2, 0) is 4.79 Å². The Hall–Kier alpha value is -1.89. The van der Waals surface area contributed by atoms with E-state index in [9.17, 15) is 9.59 Å². The lowest BCUT2D eigenvalue weighted by Gasteiger charge is -2.03. The number of benzene rings is 1. The van der Waals surface area contributed by atoms with Gasteiger partial charge in [-0.1, -0.05) is 19.1 Å². The zero-order chi connectivity index (χ0) is 14.0. The van der Waals surface area contributed by atoms with Crippen LogP contribution in [0.4, 0.5) is 0 Å². The van der Waals surface area contributed by atoms with Crippen LogP contribution in [0.25, 0.3) is 0 Å². The fourth-order valence-corrected chi connectivity index (χ4v) is 1.05. The van der Waals surface area contributed by atoms with Crippen molar-refractivity contribution in [1.29, 1.82) is 0 Å². The molecule has 6 nitrogen and oxygen atoms in total. The molecule has 0 spiro atoms. The summed E-state index contributed by atoms with van der Waals surface area (Å²) in [4.78, 5) is 30.3. The molecule has 1 N–H and O–H groups in total. The topological polar surface area (TPSA) is 93.0 Å². The molecule has 0 bridgehead atoms. The third kappa shape index (κ3) is 6.64. The number of aromatic carboxylic acids is 1. The Morgan fingerprint density at radius 2 is 2.00 bits per heavy atom. The Balaban J connectivity index is 0.000000494. The third-order valence-electron chi connectivity index (χ3n) is 1.55. The SMILES string of the molecule is CC(=O)Oc1ccccc1C(=O)O.CCSN=O. The van der Waals surface area contributed by atoms with Gasteiger partial charge in [0.1, 0.15) is 11.3 Å². The normalized spacial score (nSPS) is 8.78. The van der Waals surface area contributed by atoms with Crippen molar-refractivity contribution >= 4 is 23.9 Å². The van der Waals surface area contributed by atoms with E-state index in [1.807, 2.05) is 6.92 Å². The molecule has 1 rings (SSSR count). The maximum atomic E-state index is 10.6. The first-order chi connectivity index (χ1) is 8.52. The number of carbonyl (C=O) groups excluding carboxylic acids is 1. The highest BCUT2D eigenvalue weighted by molar-refractivity contribution is 7.97. The van der Waals surface area contributed by atoms with Crippen molar-refractivity contribution in [1.82, 2.24) is 0 Å². The van der Waals surface area contributed by atoms with Crippen LogP contribution >= 0.6 is 11.9 Å². The van der Waals surface area contributed by atoms with Crippen LogP contribution in [-0.4, -0.2) is 22.8 Å². The number of rotatable bonds is 4. The molecule has 0 fully saturated rings. The van der Waals surface area contributed by atoms with E-state index in [1.54, 1.807) is 12.1 Å². The molecule has 1 aromatic rings. The summed E-state index contributed by atoms with van der Waals surface area (Å²) in [5.41, 5.74) is -0.0160. The summed E-state index contributed by atoms with van der Waals surface area (Å²) < 4.78 is 7.21. The van der Waals surface area contributed by atoms with Crippen molar-refractivity contribution in [2.75, 3.05) is 5.75 Å². The summed E-state index contributed by atoms with van der Waals surface area (Å²) >= 11 is 1.03. The molecular weight excluding hydrogens is 258 g/mol. The number of hydrogen-bond donors (Lipinski definition) is 1. The summed E-state index contributed by atoms with van der Waals surface area (Å²) in [6.07, 6.45) is 0. The number of carboxylic acids is 1. The van der Waals surface area contributed by atoms with Crippen molar-refractivity contribution in [3.05, 3.63) is 34.7 Å². The lowest BCUT2D eigenvalue weighted by atomic mass is 10.2. The molecule has 0 unspecified atom stereocenters. The molecule has 0 aliphatic heterocycles. The van der Waals surface area contributed by atoms with Crippen molar-refractivity contribution in [3.8, 4) is 5.75 Å². The van der Waals surface area contributed by atoms with E-state index in [-0.39, 0.29) is 11.3 Å². The summed E-state index contributed by atoms with van der Waals surface area (Å²) in [6.45, 7) is 3.10. The predicted octanol–water partition coefficient (Wildman–Crippen LogP) is 2.73. The van der Waals surface area contributed by atoms with Crippen LogP contribution in [0.5, 0.6) is 5.75 Å². The maximum absolute atomic E-state index is 10.6. The molecule has 0 heterocycles. The fourth-order valence-electron chi connectivity index (χ4n) is 0.940. The summed E-state index contributed by atoms with van der Waals surface area (Å²) in [5, 5.41) is 8.69. The average molecular weight is 271 g/mol. The number of carboxylic acid groups (broad SMARTS) is 1. The second-order valence-electron chi connectivity index (χ2n) is 2.89. The van der Waals surface area contributed by atoms with Crippen molar-refractivity contribution in [2.45, 2.75) is 13.8 Å². The van der Waals surface area contributed by atoms with Gasteiger partial charge in [0.25, 0.3) is 0 Å². The number of carbonyl (C=O) groups is 2. The van der Waals surface area contributed by atoms with E-state index in [0.717, 1.165) is 17.7 Å². The zero-order valence-corrected chi connectivity index (χ0v) is 10.8. The van der Waals surface area contributed by atoms with Gasteiger partial charge in [-0.15, -0.1) is 4.91 Å². The largest absolute Gasteiger partial charge is 0.478 e. The summed E-state index contributed by atoms with van der Waals surface area (Å²) in [6, 6.07) is 5.98. The molecule has 1 aromatic carbocycles. The summed E-state index contributed by atoms with van der Waals surface area (Å²) in [5.74, 6) is -0.795. The highest BCUT2D eigenvalue weighted by Crippen LogP contribution is 2.17. The van der Waals surface area contributed by atoms with Gasteiger partial charge < -0.3 is 9.84 Å². The van der Waals surface area contributed by atoms with Crippen LogP contribution in [0, 0.1) is 4.91 Å². The highest BCUT2D eigenvalue weighted by Gasteiger charge is 2.10. The van der Waals surface area contributed by atoms with Gasteiger partial charge in [0.2, 0.25) is 0 Å². The minimum Gasteiger partial charge on any atom is -0.478 e. The number of hydrogen-bond acceptors (Lipinski definition) is 6. The first-order valence-electron chi connectivity index (χ1n) is 4.98. The van der Waals surface area contributed by atoms with Crippen LogP contribution in [0.3, 0.4) is 0 Å². The standard InChI is InChI=1S/C9H8O4.C2H5NOS/c1-6(10)13-8-5-3-2-4-7(8)9(11)12;1-2-5-3-4/h2-5H,1H3,(H,11,12);2H2,1H3. The number of nitrogens with zero attached hydrogens (tertiary/aromatic N) is 1. The molecule has 0 aliphatic rings. The van der Waals surface area contributed by atoms with E-state index < -0.39 is 11.9 Å². The fraction of sp³-hybridized carbons (Fsp3) is 0.273. The minimum atomic E-state index is -1.11. The second kappa shape index (κ2) is 9.17. The van der Waals surface area contributed by atoms with Gasteiger partial charge in [-0.05, 0) is 12.1 Å². The average Bonchev–Trinajstić information content (AvgIpc) is 2.30. The first kappa shape index (κ1) is 16.1. The quantitative estimate of drug-likeness (QED) is 0.391. The van der Waals surface area contributed by atoms with Gasteiger partial charge >= 0.3 is 11.9 Å². The molecule has 98 valence electrons. The monoisotopic (exact) mass is 271 g/mol. The van der Waals surface area contributed by atoms with Crippen LogP contribution in [0.2, 0.25) is 0 Å². The van der Waals surface area contributed by atoms with Gasteiger partial charge in [-0.2, -0.15) is 0 Å². The first-order valence-corrected chi connectivity index (χ1v) is 5.92. The Kier molecular flexibility index (Phi) is 8.21. The van der Waals surface area contributed by atoms with Gasteiger partial charge in [0, 0.05) is 29.2 Å². The molecule has 0 atom stereocenters. The molecular formula is C11H13NO5S. The minimum absolute atomic E-state index is 0.0160. The maximum Gasteiger partial charge on any atom is 0.339 e. The molecule has 0 amide bonds. The van der Waals surface area contributed by atoms with Crippen LogP contribution in [0.1, 0.15) is 24.2 Å². The molecule has 0 aromatic heterocycles. The molecule has 0 aliphatic carbocycles. The van der Waals surface area contributed by atoms with E-state index in [4.69, 9.17) is 10.0 Å². The number of esters is 1. The lowest BCUT2D eigenvalue weighted by Crippen LogP contribution is -2.06. The Bertz CT molecular complexity index is 422. The zero-order valence-electron chi connectivity index (χ0n) is 9.95. The Morgan fingerprint density at radius 1 is 1.39 bits per heavy atom. The highest BCUT2D eigenvalue weighted by atomic mass is 32.2. The van der Waals surface area contributed by atoms with Crippen molar-refractivity contribution in [3.63, 3.8) is 0 Å². The van der Waals surface area contributed by atoms with Gasteiger partial charge in [0.05, 0.1) is 0 Å². The molecule has 0 saturated heterocycles. The smallest absolute Gasteiger partial charge is 0.339 e. The predicted molar refractivity (Wildman–Crippen MR) is 68.6 cm³/mol. The Labute approximate surface area is 108 Å². The van der Waals surface area contributed by atoms with Crippen LogP contribution < -0.4 is 4.74 Å². The van der Waals surface area contributed by atoms with E-state index >= 15 is 0 Å². The van der Waals surface area contributed by atoms with Crippen LogP contribution in [0.15, 0.2) is 28.8 Å². The van der Waals surface area contributed by atoms with Gasteiger partial charge in [0.15, 0.2) is 0 Å². The van der Waals surface area contributed by atoms with Gasteiger partial charge in [-0.25, -0.2) is 4.79 Å². The van der Waals surface area contributed by atoms with E-state index in [1.165, 1.54) is 19.1 Å². The number of nitroso groups, excluding NO2 is 1. The molecule has 0 radical (unpaired) electrons.